The summed E-state index contributed by atoms with van der Waals surface area (Å²) in [6.45, 7) is 7.73. The van der Waals surface area contributed by atoms with Crippen molar-refractivity contribution in [1.82, 2.24) is 10.2 Å². The predicted octanol–water partition coefficient (Wildman–Crippen LogP) is 4.14. The van der Waals surface area contributed by atoms with Crippen molar-refractivity contribution in [2.24, 2.45) is 0 Å². The van der Waals surface area contributed by atoms with Crippen molar-refractivity contribution in [1.29, 1.82) is 0 Å². The summed E-state index contributed by atoms with van der Waals surface area (Å²) in [7, 11) is 0. The third kappa shape index (κ3) is 4.50. The van der Waals surface area contributed by atoms with Crippen LogP contribution in [0.15, 0.2) is 41.8 Å². The summed E-state index contributed by atoms with van der Waals surface area (Å²) in [4.78, 5) is 28.4. The predicted molar refractivity (Wildman–Crippen MR) is 107 cm³/mol. The van der Waals surface area contributed by atoms with Crippen molar-refractivity contribution in [3.8, 4) is 0 Å². The Labute approximate surface area is 164 Å². The molecule has 2 atom stereocenters. The molecule has 1 N–H and O–H groups in total. The van der Waals surface area contributed by atoms with Gasteiger partial charge in [0.2, 0.25) is 5.91 Å². The van der Waals surface area contributed by atoms with Crippen molar-refractivity contribution in [2.45, 2.75) is 51.8 Å². The molecule has 0 spiro atoms. The average molecular weight is 387 g/mol. The highest BCUT2D eigenvalue weighted by Crippen LogP contribution is 2.37. The van der Waals surface area contributed by atoms with Crippen LogP contribution >= 0.6 is 11.3 Å². The number of fused-ring (bicyclic) bond motifs is 1. The number of hydrogen-bond acceptors (Lipinski definition) is 4. The number of amides is 2. The van der Waals surface area contributed by atoms with Crippen molar-refractivity contribution < 1.29 is 14.3 Å². The molecule has 3 rings (SSSR count). The number of hydrogen-bond donors (Lipinski definition) is 1. The number of carbonyl (C=O) groups excluding carboxylic acids is 2. The smallest absolute Gasteiger partial charge is 0.408 e. The van der Waals surface area contributed by atoms with Gasteiger partial charge in [0.15, 0.2) is 0 Å². The lowest BCUT2D eigenvalue weighted by Crippen LogP contribution is -2.50. The Kier molecular flexibility index (Phi) is 5.56. The van der Waals surface area contributed by atoms with Gasteiger partial charge in [-0.15, -0.1) is 11.3 Å². The summed E-state index contributed by atoms with van der Waals surface area (Å²) < 4.78 is 5.28. The zero-order valence-electron chi connectivity index (χ0n) is 16.2. The molecule has 0 saturated heterocycles. The first kappa shape index (κ1) is 19.4. The van der Waals surface area contributed by atoms with E-state index in [1.54, 1.807) is 39.0 Å². The molecule has 2 aromatic rings. The van der Waals surface area contributed by atoms with Crippen molar-refractivity contribution in [3.63, 3.8) is 0 Å². The Morgan fingerprint density at radius 3 is 2.59 bits per heavy atom. The molecule has 2 heterocycles. The van der Waals surface area contributed by atoms with Crippen LogP contribution in [0.2, 0.25) is 0 Å². The fraction of sp³-hybridized carbons (Fsp3) is 0.429. The number of rotatable bonds is 3. The molecule has 0 radical (unpaired) electrons. The van der Waals surface area contributed by atoms with E-state index in [1.165, 1.54) is 10.4 Å². The molecule has 144 valence electrons. The minimum atomic E-state index is -0.661. The second-order valence-electron chi connectivity index (χ2n) is 7.76. The average Bonchev–Trinajstić information content (AvgIpc) is 3.07. The number of carbonyl (C=O) groups is 2. The van der Waals surface area contributed by atoms with Gasteiger partial charge in [-0.25, -0.2) is 4.79 Å². The molecule has 1 aromatic carbocycles. The van der Waals surface area contributed by atoms with E-state index in [2.05, 4.69) is 16.8 Å². The van der Waals surface area contributed by atoms with E-state index in [4.69, 9.17) is 4.74 Å². The standard InChI is InChI=1S/C21H26N2O3S/c1-14(22-20(25)26-21(2,3)4)19(24)23-12-10-17-16(11-13-27-17)18(23)15-8-6-5-7-9-15/h5-9,11,13-14,18H,10,12H2,1-4H3,(H,22,25)/t14-,18?/m1/s1. The first-order chi connectivity index (χ1) is 12.8. The minimum absolute atomic E-state index is 0.105. The fourth-order valence-electron chi connectivity index (χ4n) is 3.34. The van der Waals surface area contributed by atoms with E-state index >= 15 is 0 Å². The van der Waals surface area contributed by atoms with E-state index in [0.29, 0.717) is 6.54 Å². The van der Waals surface area contributed by atoms with Crippen molar-refractivity contribution >= 4 is 23.3 Å². The lowest BCUT2D eigenvalue weighted by Gasteiger charge is -2.38. The zero-order valence-corrected chi connectivity index (χ0v) is 17.0. The van der Waals surface area contributed by atoms with E-state index in [9.17, 15) is 9.59 Å². The van der Waals surface area contributed by atoms with Crippen LogP contribution in [-0.2, 0) is 16.0 Å². The summed E-state index contributed by atoms with van der Waals surface area (Å²) in [6, 6.07) is 11.3. The lowest BCUT2D eigenvalue weighted by atomic mass is 9.92. The lowest BCUT2D eigenvalue weighted by molar-refractivity contribution is -0.135. The molecule has 1 aliphatic heterocycles. The second-order valence-corrected chi connectivity index (χ2v) is 8.76. The quantitative estimate of drug-likeness (QED) is 0.863. The molecule has 5 nitrogen and oxygen atoms in total. The molecular formula is C21H26N2O3S. The van der Waals surface area contributed by atoms with Gasteiger partial charge in [-0.1, -0.05) is 30.3 Å². The Morgan fingerprint density at radius 1 is 1.22 bits per heavy atom. The molecule has 27 heavy (non-hydrogen) atoms. The SMILES string of the molecule is C[C@@H](NC(=O)OC(C)(C)C)C(=O)N1CCc2sccc2C1c1ccccc1. The molecule has 0 aliphatic carbocycles. The maximum atomic E-state index is 13.2. The van der Waals surface area contributed by atoms with E-state index in [1.807, 2.05) is 35.2 Å². The molecule has 1 aliphatic rings. The highest BCUT2D eigenvalue weighted by Gasteiger charge is 2.35. The van der Waals surface area contributed by atoms with E-state index in [-0.39, 0.29) is 11.9 Å². The first-order valence-electron chi connectivity index (χ1n) is 9.17. The van der Waals surface area contributed by atoms with E-state index in [0.717, 1.165) is 12.0 Å². The third-order valence-electron chi connectivity index (χ3n) is 4.47. The number of nitrogens with zero attached hydrogens (tertiary/aromatic N) is 1. The Bertz CT molecular complexity index is 810. The van der Waals surface area contributed by atoms with Gasteiger partial charge < -0.3 is 15.0 Å². The molecule has 0 saturated carbocycles. The van der Waals surface area contributed by atoms with Crippen molar-refractivity contribution in [2.75, 3.05) is 6.54 Å². The maximum absolute atomic E-state index is 13.2. The number of thiophene rings is 1. The number of alkyl carbamates (subject to hydrolysis) is 1. The van der Waals surface area contributed by atoms with Crippen LogP contribution in [0.4, 0.5) is 4.79 Å². The summed E-state index contributed by atoms with van der Waals surface area (Å²) in [5.74, 6) is -0.105. The van der Waals surface area contributed by atoms with Gasteiger partial charge >= 0.3 is 6.09 Å². The maximum Gasteiger partial charge on any atom is 0.408 e. The van der Waals surface area contributed by atoms with Crippen LogP contribution in [0.5, 0.6) is 0 Å². The number of nitrogens with one attached hydrogen (secondary N) is 1. The largest absolute Gasteiger partial charge is 0.444 e. The highest BCUT2D eigenvalue weighted by atomic mass is 32.1. The summed E-state index contributed by atoms with van der Waals surface area (Å²) in [5, 5.41) is 4.75. The van der Waals surface area contributed by atoms with E-state index < -0.39 is 17.7 Å². The van der Waals surface area contributed by atoms with Gasteiger partial charge in [-0.05, 0) is 56.7 Å². The summed E-state index contributed by atoms with van der Waals surface area (Å²) in [5.41, 5.74) is 1.65. The summed E-state index contributed by atoms with van der Waals surface area (Å²) in [6.07, 6.45) is 0.258. The first-order valence-corrected chi connectivity index (χ1v) is 10.1. The molecule has 0 bridgehead atoms. The van der Waals surface area contributed by atoms with Gasteiger partial charge in [0.1, 0.15) is 11.6 Å². The van der Waals surface area contributed by atoms with Crippen LogP contribution in [0.3, 0.4) is 0 Å². The van der Waals surface area contributed by atoms with Gasteiger partial charge in [0.05, 0.1) is 6.04 Å². The van der Waals surface area contributed by atoms with Crippen LogP contribution in [0.25, 0.3) is 0 Å². The number of benzene rings is 1. The Balaban J connectivity index is 1.81. The second kappa shape index (κ2) is 7.72. The zero-order chi connectivity index (χ0) is 19.6. The van der Waals surface area contributed by atoms with Crippen LogP contribution in [-0.4, -0.2) is 35.1 Å². The monoisotopic (exact) mass is 386 g/mol. The van der Waals surface area contributed by atoms with Gasteiger partial charge in [-0.3, -0.25) is 4.79 Å². The van der Waals surface area contributed by atoms with Crippen molar-refractivity contribution in [3.05, 3.63) is 57.8 Å². The molecule has 6 heteroatoms. The van der Waals surface area contributed by atoms with Crippen LogP contribution < -0.4 is 5.32 Å². The Hall–Kier alpha value is -2.34. The molecular weight excluding hydrogens is 360 g/mol. The molecule has 1 unspecified atom stereocenters. The number of ether oxygens (including phenoxy) is 1. The van der Waals surface area contributed by atoms with Gasteiger partial charge in [0.25, 0.3) is 0 Å². The Morgan fingerprint density at radius 2 is 1.93 bits per heavy atom. The summed E-state index contributed by atoms with van der Waals surface area (Å²) >= 11 is 1.74. The minimum Gasteiger partial charge on any atom is -0.444 e. The van der Waals surface area contributed by atoms with Gasteiger partial charge in [0, 0.05) is 11.4 Å². The normalized spacial score (nSPS) is 17.8. The molecule has 2 amide bonds. The topological polar surface area (TPSA) is 58.6 Å². The third-order valence-corrected chi connectivity index (χ3v) is 5.46. The fourth-order valence-corrected chi connectivity index (χ4v) is 4.25. The molecule has 1 aromatic heterocycles. The van der Waals surface area contributed by atoms with Crippen LogP contribution in [0, 0.1) is 0 Å². The molecule has 0 fully saturated rings. The highest BCUT2D eigenvalue weighted by molar-refractivity contribution is 7.10. The van der Waals surface area contributed by atoms with Crippen LogP contribution in [0.1, 0.15) is 49.7 Å². The van der Waals surface area contributed by atoms with Gasteiger partial charge in [-0.2, -0.15) is 0 Å².